The van der Waals surface area contributed by atoms with Gasteiger partial charge in [-0.2, -0.15) is 0 Å². The number of rotatable bonds is 4. The van der Waals surface area contributed by atoms with Crippen LogP contribution >= 0.6 is 0 Å². The highest BCUT2D eigenvalue weighted by molar-refractivity contribution is 5.90. The van der Waals surface area contributed by atoms with E-state index in [4.69, 9.17) is 0 Å². The molecule has 1 N–H and O–H groups in total. The molecule has 1 heterocycles. The van der Waals surface area contributed by atoms with Crippen LogP contribution in [0.25, 0.3) is 5.69 Å². The molecule has 2 rings (SSSR count). The minimum absolute atomic E-state index is 0.198. The Hall–Kier alpha value is -2.17. The molecule has 0 fully saturated rings. The number of nitrogens with zero attached hydrogens (tertiary/aromatic N) is 3. The number of carbonyl (C=O) groups excluding carboxylic acids is 1. The third-order valence-corrected chi connectivity index (χ3v) is 2.73. The molecule has 5 heteroatoms. The standard InChI is InChI=1S/C14H18N4O/c1-10(2)8-15-14(19)13-16-9-18(17-13)12-7-5-4-6-11(12)3/h4-7,9-10H,8H2,1-3H3,(H,15,19). The number of hydrogen-bond acceptors (Lipinski definition) is 3. The highest BCUT2D eigenvalue weighted by atomic mass is 16.2. The molecule has 0 radical (unpaired) electrons. The van der Waals surface area contributed by atoms with E-state index in [9.17, 15) is 4.79 Å². The van der Waals surface area contributed by atoms with E-state index < -0.39 is 0 Å². The second kappa shape index (κ2) is 5.65. The van der Waals surface area contributed by atoms with Gasteiger partial charge in [-0.25, -0.2) is 9.67 Å². The molecule has 1 amide bonds. The van der Waals surface area contributed by atoms with E-state index in [2.05, 4.69) is 15.4 Å². The molecule has 0 atom stereocenters. The Balaban J connectivity index is 2.15. The second-order valence-electron chi connectivity index (χ2n) is 4.90. The van der Waals surface area contributed by atoms with Crippen LogP contribution in [0.4, 0.5) is 0 Å². The Morgan fingerprint density at radius 3 is 2.79 bits per heavy atom. The van der Waals surface area contributed by atoms with E-state index in [1.807, 2.05) is 45.0 Å². The van der Waals surface area contributed by atoms with Crippen molar-refractivity contribution >= 4 is 5.91 Å². The summed E-state index contributed by atoms with van der Waals surface area (Å²) in [7, 11) is 0. The fourth-order valence-corrected chi connectivity index (χ4v) is 1.68. The van der Waals surface area contributed by atoms with Gasteiger partial charge in [0.2, 0.25) is 5.82 Å². The van der Waals surface area contributed by atoms with Gasteiger partial charge in [0.15, 0.2) is 0 Å². The number of aromatic nitrogens is 3. The maximum absolute atomic E-state index is 11.8. The molecule has 19 heavy (non-hydrogen) atoms. The van der Waals surface area contributed by atoms with Crippen LogP contribution in [0.5, 0.6) is 0 Å². The molecular formula is C14H18N4O. The Morgan fingerprint density at radius 1 is 1.37 bits per heavy atom. The van der Waals surface area contributed by atoms with Gasteiger partial charge in [0.05, 0.1) is 5.69 Å². The summed E-state index contributed by atoms with van der Waals surface area (Å²) in [6.07, 6.45) is 1.56. The predicted molar refractivity (Wildman–Crippen MR) is 73.3 cm³/mol. The van der Waals surface area contributed by atoms with Crippen molar-refractivity contribution in [3.63, 3.8) is 0 Å². The zero-order valence-electron chi connectivity index (χ0n) is 11.4. The molecule has 0 spiro atoms. The van der Waals surface area contributed by atoms with E-state index in [1.165, 1.54) is 0 Å². The van der Waals surface area contributed by atoms with Crippen LogP contribution in [0.1, 0.15) is 30.0 Å². The average molecular weight is 258 g/mol. The Kier molecular flexibility index (Phi) is 3.94. The molecule has 0 saturated heterocycles. The lowest BCUT2D eigenvalue weighted by atomic mass is 10.2. The Labute approximate surface area is 112 Å². The first-order chi connectivity index (χ1) is 9.08. The second-order valence-corrected chi connectivity index (χ2v) is 4.90. The molecule has 0 unspecified atom stereocenters. The largest absolute Gasteiger partial charge is 0.349 e. The van der Waals surface area contributed by atoms with Crippen molar-refractivity contribution in [3.8, 4) is 5.69 Å². The van der Waals surface area contributed by atoms with Gasteiger partial charge in [0.25, 0.3) is 5.91 Å². The van der Waals surface area contributed by atoms with Crippen molar-refractivity contribution in [1.29, 1.82) is 0 Å². The number of nitrogens with one attached hydrogen (secondary N) is 1. The summed E-state index contributed by atoms with van der Waals surface area (Å²) in [5, 5.41) is 7.01. The molecular weight excluding hydrogens is 240 g/mol. The maximum atomic E-state index is 11.8. The van der Waals surface area contributed by atoms with Crippen molar-refractivity contribution in [1.82, 2.24) is 20.1 Å². The molecule has 0 saturated carbocycles. The smallest absolute Gasteiger partial charge is 0.290 e. The zero-order chi connectivity index (χ0) is 13.8. The summed E-state index contributed by atoms with van der Waals surface area (Å²) in [6.45, 7) is 6.70. The van der Waals surface area contributed by atoms with Gasteiger partial charge in [0, 0.05) is 6.54 Å². The first-order valence-corrected chi connectivity index (χ1v) is 6.34. The minimum Gasteiger partial charge on any atom is -0.349 e. The summed E-state index contributed by atoms with van der Waals surface area (Å²) >= 11 is 0. The quantitative estimate of drug-likeness (QED) is 0.912. The number of amides is 1. The zero-order valence-corrected chi connectivity index (χ0v) is 11.4. The molecule has 0 bridgehead atoms. The summed E-state index contributed by atoms with van der Waals surface area (Å²) in [4.78, 5) is 15.9. The minimum atomic E-state index is -0.235. The first kappa shape index (κ1) is 13.3. The monoisotopic (exact) mass is 258 g/mol. The predicted octanol–water partition coefficient (Wildman–Crippen LogP) is 1.96. The van der Waals surface area contributed by atoms with Crippen LogP contribution < -0.4 is 5.32 Å². The van der Waals surface area contributed by atoms with E-state index in [0.717, 1.165) is 11.3 Å². The number of aryl methyl sites for hydroxylation is 1. The van der Waals surface area contributed by atoms with Gasteiger partial charge in [-0.05, 0) is 24.5 Å². The van der Waals surface area contributed by atoms with Crippen molar-refractivity contribution in [2.45, 2.75) is 20.8 Å². The van der Waals surface area contributed by atoms with Gasteiger partial charge >= 0.3 is 0 Å². The van der Waals surface area contributed by atoms with Gasteiger partial charge in [-0.15, -0.1) is 5.10 Å². The SMILES string of the molecule is Cc1ccccc1-n1cnc(C(=O)NCC(C)C)n1. The van der Waals surface area contributed by atoms with Crippen LogP contribution in [0.2, 0.25) is 0 Å². The van der Waals surface area contributed by atoms with Crippen LogP contribution in [-0.2, 0) is 0 Å². The van der Waals surface area contributed by atoms with Gasteiger partial charge in [-0.1, -0.05) is 32.0 Å². The van der Waals surface area contributed by atoms with Gasteiger partial charge < -0.3 is 5.32 Å². The molecule has 1 aromatic heterocycles. The van der Waals surface area contributed by atoms with E-state index in [-0.39, 0.29) is 11.7 Å². The lowest BCUT2D eigenvalue weighted by Gasteiger charge is -2.05. The van der Waals surface area contributed by atoms with Crippen LogP contribution in [0.3, 0.4) is 0 Å². The number of para-hydroxylation sites is 1. The number of hydrogen-bond donors (Lipinski definition) is 1. The maximum Gasteiger partial charge on any atom is 0.290 e. The average Bonchev–Trinajstić information content (AvgIpc) is 2.86. The third kappa shape index (κ3) is 3.19. The van der Waals surface area contributed by atoms with Crippen molar-refractivity contribution in [2.24, 2.45) is 5.92 Å². The molecule has 100 valence electrons. The Bertz CT molecular complexity index is 574. The normalized spacial score (nSPS) is 10.7. The van der Waals surface area contributed by atoms with Crippen molar-refractivity contribution < 1.29 is 4.79 Å². The molecule has 0 aliphatic heterocycles. The highest BCUT2D eigenvalue weighted by Gasteiger charge is 2.12. The van der Waals surface area contributed by atoms with E-state index in [1.54, 1.807) is 11.0 Å². The molecule has 2 aromatic rings. The van der Waals surface area contributed by atoms with Gasteiger partial charge in [0.1, 0.15) is 6.33 Å². The van der Waals surface area contributed by atoms with E-state index >= 15 is 0 Å². The van der Waals surface area contributed by atoms with Crippen LogP contribution in [-0.4, -0.2) is 27.2 Å². The molecule has 5 nitrogen and oxygen atoms in total. The molecule has 1 aromatic carbocycles. The lowest BCUT2D eigenvalue weighted by molar-refractivity contribution is 0.0938. The van der Waals surface area contributed by atoms with Crippen LogP contribution in [0, 0.1) is 12.8 Å². The van der Waals surface area contributed by atoms with Crippen molar-refractivity contribution in [3.05, 3.63) is 42.0 Å². The fourth-order valence-electron chi connectivity index (χ4n) is 1.68. The summed E-state index contributed by atoms with van der Waals surface area (Å²) in [5.74, 6) is 0.368. The summed E-state index contributed by atoms with van der Waals surface area (Å²) in [5.41, 5.74) is 2.01. The molecule has 0 aliphatic rings. The first-order valence-electron chi connectivity index (χ1n) is 6.34. The molecule has 0 aliphatic carbocycles. The lowest BCUT2D eigenvalue weighted by Crippen LogP contribution is -2.28. The number of benzene rings is 1. The van der Waals surface area contributed by atoms with Crippen LogP contribution in [0.15, 0.2) is 30.6 Å². The van der Waals surface area contributed by atoms with Crippen molar-refractivity contribution in [2.75, 3.05) is 6.54 Å². The van der Waals surface area contributed by atoms with E-state index in [0.29, 0.717) is 12.5 Å². The van der Waals surface area contributed by atoms with Gasteiger partial charge in [-0.3, -0.25) is 4.79 Å². The Morgan fingerprint density at radius 2 is 2.11 bits per heavy atom. The topological polar surface area (TPSA) is 59.8 Å². The fraction of sp³-hybridized carbons (Fsp3) is 0.357. The number of carbonyl (C=O) groups is 1. The highest BCUT2D eigenvalue weighted by Crippen LogP contribution is 2.11. The summed E-state index contributed by atoms with van der Waals surface area (Å²) < 4.78 is 1.62. The third-order valence-electron chi connectivity index (χ3n) is 2.73. The summed E-state index contributed by atoms with van der Waals surface area (Å²) in [6, 6.07) is 7.84.